The summed E-state index contributed by atoms with van der Waals surface area (Å²) in [6.45, 7) is 6.16. The lowest BCUT2D eigenvalue weighted by Crippen LogP contribution is -2.42. The van der Waals surface area contributed by atoms with Crippen molar-refractivity contribution in [2.75, 3.05) is 10.8 Å². The highest BCUT2D eigenvalue weighted by Gasteiger charge is 2.32. The Morgan fingerprint density at radius 2 is 1.94 bits per heavy atom. The van der Waals surface area contributed by atoms with E-state index in [-0.39, 0.29) is 5.25 Å². The van der Waals surface area contributed by atoms with Gasteiger partial charge in [-0.2, -0.15) is 0 Å². The molecule has 0 aliphatic carbocycles. The molecule has 0 spiro atoms. The maximum Gasteiger partial charge on any atom is 0.237 e. The molecule has 1 aliphatic heterocycles. The number of para-hydroxylation sites is 1. The summed E-state index contributed by atoms with van der Waals surface area (Å²) >= 11 is 0. The van der Waals surface area contributed by atoms with Gasteiger partial charge in [0.15, 0.2) is 0 Å². The van der Waals surface area contributed by atoms with E-state index < -0.39 is 10.0 Å². The third-order valence-corrected chi connectivity index (χ3v) is 5.36. The van der Waals surface area contributed by atoms with Crippen molar-refractivity contribution >= 4 is 15.7 Å². The Morgan fingerprint density at radius 1 is 1.29 bits per heavy atom. The molecule has 0 saturated heterocycles. The van der Waals surface area contributed by atoms with E-state index in [1.54, 1.807) is 18.2 Å². The van der Waals surface area contributed by atoms with Crippen LogP contribution in [0.5, 0.6) is 0 Å². The zero-order valence-corrected chi connectivity index (χ0v) is 11.4. The van der Waals surface area contributed by atoms with Gasteiger partial charge < -0.3 is 0 Å². The van der Waals surface area contributed by atoms with E-state index >= 15 is 0 Å². The largest absolute Gasteiger partial charge is 0.269 e. The summed E-state index contributed by atoms with van der Waals surface area (Å²) in [5, 5.41) is -0.374. The van der Waals surface area contributed by atoms with Crippen LogP contribution in [0.1, 0.15) is 26.3 Å². The highest BCUT2D eigenvalue weighted by atomic mass is 32.2. The van der Waals surface area contributed by atoms with Gasteiger partial charge in [-0.15, -0.1) is 0 Å². The molecule has 1 aromatic carbocycles. The molecule has 1 aromatic rings. The molecular weight excluding hydrogens is 234 g/mol. The Labute approximate surface area is 104 Å². The molecule has 0 radical (unpaired) electrons. The molecule has 2 rings (SSSR count). The second-order valence-corrected chi connectivity index (χ2v) is 7.48. The normalized spacial score (nSPS) is 20.5. The van der Waals surface area contributed by atoms with E-state index in [0.29, 0.717) is 12.5 Å². The molecule has 3 nitrogen and oxygen atoms in total. The quantitative estimate of drug-likeness (QED) is 0.811. The van der Waals surface area contributed by atoms with Gasteiger partial charge in [-0.25, -0.2) is 8.42 Å². The van der Waals surface area contributed by atoms with Gasteiger partial charge in [0.1, 0.15) is 0 Å². The molecule has 1 heterocycles. The first-order valence-electron chi connectivity index (χ1n) is 6.02. The van der Waals surface area contributed by atoms with Gasteiger partial charge in [-0.3, -0.25) is 4.31 Å². The van der Waals surface area contributed by atoms with Crippen molar-refractivity contribution in [2.45, 2.75) is 32.4 Å². The Morgan fingerprint density at radius 3 is 2.59 bits per heavy atom. The molecule has 4 heteroatoms. The first-order chi connectivity index (χ1) is 7.93. The van der Waals surface area contributed by atoms with Gasteiger partial charge in [-0.1, -0.05) is 25.1 Å². The summed E-state index contributed by atoms with van der Waals surface area (Å²) in [6, 6.07) is 7.80. The van der Waals surface area contributed by atoms with Gasteiger partial charge in [0, 0.05) is 6.54 Å². The third kappa shape index (κ3) is 2.18. The highest BCUT2D eigenvalue weighted by Crippen LogP contribution is 2.32. The average Bonchev–Trinajstić information content (AvgIpc) is 2.27. The predicted octanol–water partition coefficient (Wildman–Crippen LogP) is 2.42. The molecule has 1 unspecified atom stereocenters. The summed E-state index contributed by atoms with van der Waals surface area (Å²) in [7, 11) is -3.21. The maximum absolute atomic E-state index is 12.3. The number of hydrogen-bond acceptors (Lipinski definition) is 2. The molecule has 1 aliphatic rings. The number of hydrogen-bond donors (Lipinski definition) is 0. The summed E-state index contributed by atoms with van der Waals surface area (Å²) in [5.74, 6) is 0.374. The van der Waals surface area contributed by atoms with Crippen LogP contribution >= 0.6 is 0 Å². The number of rotatable bonds is 2. The summed E-state index contributed by atoms with van der Waals surface area (Å²) < 4.78 is 26.2. The molecule has 0 fully saturated rings. The molecule has 0 aromatic heterocycles. The minimum atomic E-state index is -3.21. The van der Waals surface area contributed by atoms with Crippen LogP contribution in [0.4, 0.5) is 5.69 Å². The first kappa shape index (κ1) is 12.4. The van der Waals surface area contributed by atoms with E-state index in [1.165, 1.54) is 0 Å². The van der Waals surface area contributed by atoms with Crippen molar-refractivity contribution in [3.05, 3.63) is 29.8 Å². The monoisotopic (exact) mass is 253 g/mol. The zero-order valence-electron chi connectivity index (χ0n) is 10.6. The number of sulfonamides is 1. The fourth-order valence-electron chi connectivity index (χ4n) is 2.24. The maximum atomic E-state index is 12.3. The van der Waals surface area contributed by atoms with Gasteiger partial charge in [0.2, 0.25) is 10.0 Å². The lowest BCUT2D eigenvalue weighted by Gasteiger charge is -2.35. The Hall–Kier alpha value is -1.03. The molecular formula is C13H19NO2S. The van der Waals surface area contributed by atoms with Gasteiger partial charge in [-0.05, 0) is 37.8 Å². The first-order valence-corrected chi connectivity index (χ1v) is 7.52. The lowest BCUT2D eigenvalue weighted by molar-refractivity contribution is 0.540. The molecule has 0 amide bonds. The second-order valence-electron chi connectivity index (χ2n) is 5.06. The van der Waals surface area contributed by atoms with Crippen molar-refractivity contribution in [3.63, 3.8) is 0 Å². The summed E-state index contributed by atoms with van der Waals surface area (Å²) in [4.78, 5) is 0. The number of fused-ring (bicyclic) bond motifs is 1. The predicted molar refractivity (Wildman–Crippen MR) is 70.7 cm³/mol. The van der Waals surface area contributed by atoms with Crippen molar-refractivity contribution in [3.8, 4) is 0 Å². The van der Waals surface area contributed by atoms with Crippen LogP contribution in [0.15, 0.2) is 24.3 Å². The zero-order chi connectivity index (χ0) is 12.6. The van der Waals surface area contributed by atoms with Crippen molar-refractivity contribution in [1.82, 2.24) is 0 Å². The van der Waals surface area contributed by atoms with E-state index in [0.717, 1.165) is 17.7 Å². The van der Waals surface area contributed by atoms with Crippen molar-refractivity contribution < 1.29 is 8.42 Å². The SMILES string of the molecule is CC1Cc2ccccc2N(S(=O)(=O)C(C)C)C1. The standard InChI is InChI=1S/C13H19NO2S/c1-10(2)17(15,16)14-9-11(3)8-12-6-4-5-7-13(12)14/h4-7,10-11H,8-9H2,1-3H3. The number of anilines is 1. The van der Waals surface area contributed by atoms with Gasteiger partial charge in [0.05, 0.1) is 10.9 Å². The highest BCUT2D eigenvalue weighted by molar-refractivity contribution is 7.93. The number of nitrogens with zero attached hydrogens (tertiary/aromatic N) is 1. The van der Waals surface area contributed by atoms with Crippen molar-refractivity contribution in [1.29, 1.82) is 0 Å². The molecule has 94 valence electrons. The van der Waals surface area contributed by atoms with Crippen LogP contribution in [0.25, 0.3) is 0 Å². The van der Waals surface area contributed by atoms with Crippen molar-refractivity contribution in [2.24, 2.45) is 5.92 Å². The van der Waals surface area contributed by atoms with Gasteiger partial charge >= 0.3 is 0 Å². The molecule has 17 heavy (non-hydrogen) atoms. The van der Waals surface area contributed by atoms with Crippen LogP contribution in [0.2, 0.25) is 0 Å². The fourth-order valence-corrected chi connectivity index (χ4v) is 3.67. The molecule has 0 N–H and O–H groups in total. The summed E-state index contributed by atoms with van der Waals surface area (Å²) in [5.41, 5.74) is 2.00. The van der Waals surface area contributed by atoms with E-state index in [1.807, 2.05) is 24.3 Å². The van der Waals surface area contributed by atoms with E-state index in [4.69, 9.17) is 0 Å². The average molecular weight is 253 g/mol. The van der Waals surface area contributed by atoms with Crippen LogP contribution in [-0.2, 0) is 16.4 Å². The lowest BCUT2D eigenvalue weighted by atomic mass is 9.96. The smallest absolute Gasteiger partial charge is 0.237 e. The van der Waals surface area contributed by atoms with Crippen LogP contribution in [0, 0.1) is 5.92 Å². The number of benzene rings is 1. The Balaban J connectivity index is 2.50. The summed E-state index contributed by atoms with van der Waals surface area (Å²) in [6.07, 6.45) is 0.959. The van der Waals surface area contributed by atoms with Crippen LogP contribution < -0.4 is 4.31 Å². The van der Waals surface area contributed by atoms with Gasteiger partial charge in [0.25, 0.3) is 0 Å². The third-order valence-electron chi connectivity index (χ3n) is 3.21. The van der Waals surface area contributed by atoms with E-state index in [9.17, 15) is 8.42 Å². The molecule has 0 saturated carbocycles. The second kappa shape index (κ2) is 4.33. The minimum absolute atomic E-state index is 0.374. The Kier molecular flexibility index (Phi) is 3.17. The van der Waals surface area contributed by atoms with Crippen LogP contribution in [-0.4, -0.2) is 20.2 Å². The molecule has 0 bridgehead atoms. The minimum Gasteiger partial charge on any atom is -0.269 e. The molecule has 1 atom stereocenters. The van der Waals surface area contributed by atoms with E-state index in [2.05, 4.69) is 6.92 Å². The fraction of sp³-hybridized carbons (Fsp3) is 0.538. The topological polar surface area (TPSA) is 37.4 Å². The Bertz CT molecular complexity index is 508. The van der Waals surface area contributed by atoms with Crippen LogP contribution in [0.3, 0.4) is 0 Å².